The largest absolute Gasteiger partial charge is 0.343 e. The number of anilines is 2. The van der Waals surface area contributed by atoms with Gasteiger partial charge in [0, 0.05) is 5.56 Å². The number of sulfonamides is 1. The average Bonchev–Trinajstić information content (AvgIpc) is 2.74. The van der Waals surface area contributed by atoms with Crippen LogP contribution in [0.2, 0.25) is 0 Å². The number of aryl methyl sites for hydroxylation is 1. The summed E-state index contributed by atoms with van der Waals surface area (Å²) in [6.45, 7) is 1.64. The molecule has 0 aromatic heterocycles. The molecule has 0 saturated heterocycles. The fourth-order valence-corrected chi connectivity index (χ4v) is 5.01. The maximum Gasteiger partial charge on any atom is 0.343 e. The van der Waals surface area contributed by atoms with Crippen LogP contribution in [0, 0.1) is 11.6 Å². The van der Waals surface area contributed by atoms with E-state index >= 15 is 0 Å². The van der Waals surface area contributed by atoms with Crippen molar-refractivity contribution in [3.63, 3.8) is 0 Å². The molecule has 0 atom stereocenters. The maximum atomic E-state index is 14.2. The first-order valence-electron chi connectivity index (χ1n) is 9.31. The quantitative estimate of drug-likeness (QED) is 0.596. The van der Waals surface area contributed by atoms with Gasteiger partial charge in [-0.3, -0.25) is 4.90 Å². The number of urea groups is 1. The number of carbonyl (C=O) groups excluding carboxylic acids is 1. The molecule has 0 spiro atoms. The number of halogens is 2. The summed E-state index contributed by atoms with van der Waals surface area (Å²) in [5, 5.41) is 0. The highest BCUT2D eigenvalue weighted by atomic mass is 32.2. The predicted octanol–water partition coefficient (Wildman–Crippen LogP) is 4.86. The van der Waals surface area contributed by atoms with Gasteiger partial charge < -0.3 is 0 Å². The lowest BCUT2D eigenvalue weighted by Gasteiger charge is -2.36. The zero-order chi connectivity index (χ0) is 21.5. The summed E-state index contributed by atoms with van der Waals surface area (Å²) in [4.78, 5) is 14.4. The third kappa shape index (κ3) is 3.33. The normalized spacial score (nSPS) is 15.2. The van der Waals surface area contributed by atoms with E-state index in [-0.39, 0.29) is 28.4 Å². The summed E-state index contributed by atoms with van der Waals surface area (Å²) < 4.78 is 55.1. The molecular formula is C22H18F2N2O3S. The fraction of sp³-hybridized carbons (Fsp3) is 0.136. The molecule has 3 aromatic carbocycles. The van der Waals surface area contributed by atoms with E-state index in [1.165, 1.54) is 12.1 Å². The lowest BCUT2D eigenvalue weighted by atomic mass is 10.1. The van der Waals surface area contributed by atoms with Crippen molar-refractivity contribution in [2.45, 2.75) is 24.8 Å². The van der Waals surface area contributed by atoms with Crippen LogP contribution in [0.4, 0.5) is 25.0 Å². The zero-order valence-corrected chi connectivity index (χ0v) is 16.9. The van der Waals surface area contributed by atoms with Gasteiger partial charge in [0.2, 0.25) is 0 Å². The molecule has 30 heavy (non-hydrogen) atoms. The number of fused-ring (bicyclic) bond motifs is 1. The molecule has 1 heterocycles. The van der Waals surface area contributed by atoms with Crippen molar-refractivity contribution in [2.24, 2.45) is 0 Å². The molecule has 8 heteroatoms. The standard InChI is InChI=1S/C22H18F2N2O3S/c1-2-15-7-10-18(11-8-15)26-22(27)25(14-16-13-17(23)9-12-19(16)24)20-5-3-4-6-21(20)30(26,28)29/h3-13H,2,14H2,1H3. The molecule has 0 N–H and O–H groups in total. The van der Waals surface area contributed by atoms with Gasteiger partial charge in [-0.2, -0.15) is 4.31 Å². The van der Waals surface area contributed by atoms with Crippen molar-refractivity contribution in [3.05, 3.63) is 89.5 Å². The number of rotatable bonds is 4. The van der Waals surface area contributed by atoms with E-state index < -0.39 is 27.7 Å². The van der Waals surface area contributed by atoms with E-state index in [1.54, 1.807) is 36.4 Å². The highest BCUT2D eigenvalue weighted by Crippen LogP contribution is 2.38. The Labute approximate surface area is 173 Å². The molecule has 1 aliphatic heterocycles. The second-order valence-corrected chi connectivity index (χ2v) is 8.62. The van der Waals surface area contributed by atoms with E-state index in [1.807, 2.05) is 6.92 Å². The summed E-state index contributed by atoms with van der Waals surface area (Å²) in [5.74, 6) is -1.34. The maximum absolute atomic E-state index is 14.2. The summed E-state index contributed by atoms with van der Waals surface area (Å²) in [6, 6.07) is 14.7. The highest BCUT2D eigenvalue weighted by molar-refractivity contribution is 7.94. The number of hydrogen-bond acceptors (Lipinski definition) is 3. The van der Waals surface area contributed by atoms with E-state index in [4.69, 9.17) is 0 Å². The monoisotopic (exact) mass is 428 g/mol. The predicted molar refractivity (Wildman–Crippen MR) is 110 cm³/mol. The number of nitrogens with zero attached hydrogens (tertiary/aromatic N) is 2. The lowest BCUT2D eigenvalue weighted by Crippen LogP contribution is -2.50. The first-order chi connectivity index (χ1) is 14.3. The van der Waals surface area contributed by atoms with Crippen LogP contribution in [0.3, 0.4) is 0 Å². The van der Waals surface area contributed by atoms with Crippen molar-refractivity contribution >= 4 is 27.4 Å². The van der Waals surface area contributed by atoms with Crippen molar-refractivity contribution in [1.29, 1.82) is 0 Å². The Hall–Kier alpha value is -3.26. The summed E-state index contributed by atoms with van der Waals surface area (Å²) >= 11 is 0. The zero-order valence-electron chi connectivity index (χ0n) is 16.0. The molecule has 0 fully saturated rings. The second kappa shape index (κ2) is 7.53. The SMILES string of the molecule is CCc1ccc(N2C(=O)N(Cc3cc(F)ccc3F)c3ccccc3S2(=O)=O)cc1. The van der Waals surface area contributed by atoms with Crippen LogP contribution >= 0.6 is 0 Å². The highest BCUT2D eigenvalue weighted by Gasteiger charge is 2.42. The van der Waals surface area contributed by atoms with Gasteiger partial charge in [0.15, 0.2) is 0 Å². The Morgan fingerprint density at radius 1 is 0.933 bits per heavy atom. The minimum absolute atomic E-state index is 0.0567. The van der Waals surface area contributed by atoms with Crippen LogP contribution in [-0.2, 0) is 23.0 Å². The molecule has 0 unspecified atom stereocenters. The van der Waals surface area contributed by atoms with E-state index in [0.29, 0.717) is 4.31 Å². The Morgan fingerprint density at radius 2 is 1.63 bits per heavy atom. The third-order valence-corrected chi connectivity index (χ3v) is 6.74. The molecule has 5 nitrogen and oxygen atoms in total. The molecule has 154 valence electrons. The Balaban J connectivity index is 1.86. The first-order valence-corrected chi connectivity index (χ1v) is 10.8. The Kier molecular flexibility index (Phi) is 5.03. The smallest absolute Gasteiger partial charge is 0.287 e. The van der Waals surface area contributed by atoms with Gasteiger partial charge in [0.25, 0.3) is 10.0 Å². The van der Waals surface area contributed by atoms with Crippen LogP contribution in [0.5, 0.6) is 0 Å². The summed E-state index contributed by atoms with van der Waals surface area (Å²) in [6.07, 6.45) is 0.759. The number of benzene rings is 3. The van der Waals surface area contributed by atoms with Gasteiger partial charge in [-0.15, -0.1) is 0 Å². The van der Waals surface area contributed by atoms with Crippen molar-refractivity contribution < 1.29 is 22.0 Å². The van der Waals surface area contributed by atoms with E-state index in [9.17, 15) is 22.0 Å². The van der Waals surface area contributed by atoms with Crippen LogP contribution in [0.15, 0.2) is 71.6 Å². The molecule has 1 aliphatic rings. The molecule has 4 rings (SSSR count). The minimum Gasteiger partial charge on any atom is -0.287 e. The van der Waals surface area contributed by atoms with Gasteiger partial charge in [-0.1, -0.05) is 31.2 Å². The minimum atomic E-state index is -4.17. The van der Waals surface area contributed by atoms with Gasteiger partial charge in [-0.25, -0.2) is 22.0 Å². The molecule has 2 amide bonds. The Bertz CT molecular complexity index is 1230. The van der Waals surface area contributed by atoms with Crippen LogP contribution in [0.1, 0.15) is 18.1 Å². The van der Waals surface area contributed by atoms with Gasteiger partial charge in [0.05, 0.1) is 17.9 Å². The third-order valence-electron chi connectivity index (χ3n) is 4.99. The van der Waals surface area contributed by atoms with E-state index in [2.05, 4.69) is 0 Å². The summed E-state index contributed by atoms with van der Waals surface area (Å²) in [7, 11) is -4.17. The topological polar surface area (TPSA) is 57.7 Å². The molecule has 3 aromatic rings. The second-order valence-electron chi connectivity index (χ2n) is 6.86. The van der Waals surface area contributed by atoms with Crippen LogP contribution < -0.4 is 9.21 Å². The number of para-hydroxylation sites is 1. The van der Waals surface area contributed by atoms with Crippen molar-refractivity contribution in [3.8, 4) is 0 Å². The van der Waals surface area contributed by atoms with Gasteiger partial charge >= 0.3 is 6.03 Å². The lowest BCUT2D eigenvalue weighted by molar-refractivity contribution is 0.253. The van der Waals surface area contributed by atoms with Gasteiger partial charge in [-0.05, 0) is 54.4 Å². The first kappa shape index (κ1) is 20.0. The summed E-state index contributed by atoms with van der Waals surface area (Å²) in [5.41, 5.74) is 1.22. The van der Waals surface area contributed by atoms with Crippen molar-refractivity contribution in [2.75, 3.05) is 9.21 Å². The molecule has 0 aliphatic carbocycles. The van der Waals surface area contributed by atoms with Crippen LogP contribution in [0.25, 0.3) is 0 Å². The van der Waals surface area contributed by atoms with E-state index in [0.717, 1.165) is 35.1 Å². The average molecular weight is 428 g/mol. The number of hydrogen-bond donors (Lipinski definition) is 0. The van der Waals surface area contributed by atoms with Gasteiger partial charge in [0.1, 0.15) is 16.5 Å². The van der Waals surface area contributed by atoms with Crippen molar-refractivity contribution in [1.82, 2.24) is 0 Å². The molecule has 0 bridgehead atoms. The number of carbonyl (C=O) groups is 1. The molecule has 0 radical (unpaired) electrons. The fourth-order valence-electron chi connectivity index (χ4n) is 3.42. The molecular weight excluding hydrogens is 410 g/mol. The van der Waals surface area contributed by atoms with Crippen LogP contribution in [-0.4, -0.2) is 14.4 Å². The number of amides is 2. The Morgan fingerprint density at radius 3 is 2.33 bits per heavy atom. The molecule has 0 saturated carbocycles.